The van der Waals surface area contributed by atoms with Gasteiger partial charge < -0.3 is 5.11 Å². The minimum atomic E-state index is -0.863. The van der Waals surface area contributed by atoms with Crippen molar-refractivity contribution in [2.75, 3.05) is 0 Å². The zero-order valence-electron chi connectivity index (χ0n) is 5.76. The molecule has 0 aromatic carbocycles. The molecule has 0 bridgehead atoms. The Morgan fingerprint density at radius 3 is 2.70 bits per heavy atom. The van der Waals surface area contributed by atoms with Crippen molar-refractivity contribution in [1.82, 2.24) is 0 Å². The van der Waals surface area contributed by atoms with Gasteiger partial charge in [-0.1, -0.05) is 12.2 Å². The summed E-state index contributed by atoms with van der Waals surface area (Å²) < 4.78 is 0. The van der Waals surface area contributed by atoms with Crippen molar-refractivity contribution in [1.29, 1.82) is 0 Å². The molecule has 0 aromatic heterocycles. The van der Waals surface area contributed by atoms with Gasteiger partial charge in [-0.3, -0.25) is 0 Å². The van der Waals surface area contributed by atoms with Gasteiger partial charge in [-0.2, -0.15) is 0 Å². The molecule has 0 unspecified atom stereocenters. The van der Waals surface area contributed by atoms with Crippen LogP contribution < -0.4 is 0 Å². The van der Waals surface area contributed by atoms with Gasteiger partial charge in [-0.25, -0.2) is 4.79 Å². The summed E-state index contributed by atoms with van der Waals surface area (Å²) in [5, 5.41) is 8.37. The lowest BCUT2D eigenvalue weighted by molar-refractivity contribution is -0.131. The molecule has 2 heteroatoms. The molecule has 1 N–H and O–H groups in total. The van der Waals surface area contributed by atoms with E-state index in [-0.39, 0.29) is 0 Å². The molecule has 0 amide bonds. The predicted molar refractivity (Wildman–Crippen MR) is 38.7 cm³/mol. The van der Waals surface area contributed by atoms with Crippen LogP contribution >= 0.6 is 0 Å². The van der Waals surface area contributed by atoms with Crippen LogP contribution in [-0.2, 0) is 4.79 Å². The molecule has 0 heterocycles. The van der Waals surface area contributed by atoms with E-state index in [2.05, 4.69) is 6.58 Å². The molecule has 0 spiro atoms. The lowest BCUT2D eigenvalue weighted by atomic mass is 10.1. The van der Waals surface area contributed by atoms with E-state index in [1.165, 1.54) is 6.08 Å². The minimum absolute atomic E-state index is 0.863. The standard InChI is InChI=1S/C8H10O2/c1-6-3-2-4-7(6)5-8(9)10/h5H,1-4H2,(H,9,10)/b7-5-. The second kappa shape index (κ2) is 2.69. The fraction of sp³-hybridized carbons (Fsp3) is 0.375. The van der Waals surface area contributed by atoms with E-state index < -0.39 is 5.97 Å². The van der Waals surface area contributed by atoms with Crippen LogP contribution in [0, 0.1) is 0 Å². The summed E-state index contributed by atoms with van der Waals surface area (Å²) in [5.41, 5.74) is 1.90. The van der Waals surface area contributed by atoms with E-state index in [0.717, 1.165) is 30.4 Å². The third-order valence-corrected chi connectivity index (χ3v) is 1.68. The van der Waals surface area contributed by atoms with Crippen molar-refractivity contribution >= 4 is 5.97 Å². The molecule has 10 heavy (non-hydrogen) atoms. The maximum Gasteiger partial charge on any atom is 0.328 e. The van der Waals surface area contributed by atoms with Gasteiger partial charge >= 0.3 is 5.97 Å². The highest BCUT2D eigenvalue weighted by molar-refractivity contribution is 5.81. The number of carboxylic acids is 1. The van der Waals surface area contributed by atoms with Crippen molar-refractivity contribution in [3.8, 4) is 0 Å². The van der Waals surface area contributed by atoms with E-state index in [9.17, 15) is 4.79 Å². The Balaban J connectivity index is 2.72. The van der Waals surface area contributed by atoms with Crippen LogP contribution in [0.25, 0.3) is 0 Å². The Bertz CT molecular complexity index is 201. The first-order chi connectivity index (χ1) is 4.70. The lowest BCUT2D eigenvalue weighted by Crippen LogP contribution is -1.89. The third kappa shape index (κ3) is 1.47. The van der Waals surface area contributed by atoms with Crippen molar-refractivity contribution in [2.45, 2.75) is 19.3 Å². The van der Waals surface area contributed by atoms with E-state index >= 15 is 0 Å². The molecule has 2 nitrogen and oxygen atoms in total. The first kappa shape index (κ1) is 7.06. The second-order valence-corrected chi connectivity index (χ2v) is 2.46. The monoisotopic (exact) mass is 138 g/mol. The highest BCUT2D eigenvalue weighted by atomic mass is 16.4. The lowest BCUT2D eigenvalue weighted by Gasteiger charge is -1.93. The number of aliphatic carboxylic acids is 1. The normalized spacial score (nSPS) is 22.0. The van der Waals surface area contributed by atoms with E-state index in [1.54, 1.807) is 0 Å². The summed E-state index contributed by atoms with van der Waals surface area (Å²) >= 11 is 0. The third-order valence-electron chi connectivity index (χ3n) is 1.68. The van der Waals surface area contributed by atoms with E-state index in [0.29, 0.717) is 0 Å². The molecule has 0 radical (unpaired) electrons. The molecule has 0 saturated heterocycles. The highest BCUT2D eigenvalue weighted by Gasteiger charge is 2.11. The number of allylic oxidation sites excluding steroid dienone is 2. The molecule has 0 aromatic rings. The molecular weight excluding hydrogens is 128 g/mol. The van der Waals surface area contributed by atoms with Gasteiger partial charge in [-0.15, -0.1) is 0 Å². The summed E-state index contributed by atoms with van der Waals surface area (Å²) in [5.74, 6) is -0.863. The zero-order valence-corrected chi connectivity index (χ0v) is 5.76. The average Bonchev–Trinajstić information content (AvgIpc) is 2.15. The smallest absolute Gasteiger partial charge is 0.328 e. The molecule has 0 atom stereocenters. The van der Waals surface area contributed by atoms with Crippen LogP contribution in [0.4, 0.5) is 0 Å². The summed E-state index contributed by atoms with van der Waals surface area (Å²) in [6.07, 6.45) is 4.15. The Hall–Kier alpha value is -1.05. The van der Waals surface area contributed by atoms with Crippen molar-refractivity contribution in [3.05, 3.63) is 23.8 Å². The largest absolute Gasteiger partial charge is 0.478 e. The van der Waals surface area contributed by atoms with Crippen LogP contribution in [0.2, 0.25) is 0 Å². The van der Waals surface area contributed by atoms with Gasteiger partial charge in [-0.05, 0) is 24.8 Å². The Kier molecular flexibility index (Phi) is 1.90. The Morgan fingerprint density at radius 1 is 1.60 bits per heavy atom. The summed E-state index contributed by atoms with van der Waals surface area (Å²) in [4.78, 5) is 10.2. The molecule has 54 valence electrons. The quantitative estimate of drug-likeness (QED) is 0.560. The van der Waals surface area contributed by atoms with Crippen LogP contribution in [-0.4, -0.2) is 11.1 Å². The Labute approximate surface area is 59.9 Å². The summed E-state index contributed by atoms with van der Waals surface area (Å²) in [7, 11) is 0. The summed E-state index contributed by atoms with van der Waals surface area (Å²) in [6.45, 7) is 3.76. The van der Waals surface area contributed by atoms with Crippen molar-refractivity contribution < 1.29 is 9.90 Å². The number of rotatable bonds is 1. The van der Waals surface area contributed by atoms with Crippen LogP contribution in [0.1, 0.15) is 19.3 Å². The SMILES string of the molecule is C=C1CCC/C1=C/C(=O)O. The summed E-state index contributed by atoms with van der Waals surface area (Å²) in [6, 6.07) is 0. The molecule has 1 aliphatic rings. The minimum Gasteiger partial charge on any atom is -0.478 e. The first-order valence-corrected chi connectivity index (χ1v) is 3.32. The van der Waals surface area contributed by atoms with Crippen molar-refractivity contribution in [3.63, 3.8) is 0 Å². The average molecular weight is 138 g/mol. The molecule has 1 saturated carbocycles. The molecule has 1 rings (SSSR count). The van der Waals surface area contributed by atoms with Gasteiger partial charge in [0.25, 0.3) is 0 Å². The molecule has 1 fully saturated rings. The number of hydrogen-bond acceptors (Lipinski definition) is 1. The van der Waals surface area contributed by atoms with Gasteiger partial charge in [0.05, 0.1) is 0 Å². The number of carboxylic acid groups (broad SMARTS) is 1. The zero-order chi connectivity index (χ0) is 7.56. The van der Waals surface area contributed by atoms with Crippen LogP contribution in [0.5, 0.6) is 0 Å². The number of hydrogen-bond donors (Lipinski definition) is 1. The fourth-order valence-electron chi connectivity index (χ4n) is 1.15. The maximum absolute atomic E-state index is 10.2. The van der Waals surface area contributed by atoms with Crippen LogP contribution in [0.15, 0.2) is 23.8 Å². The maximum atomic E-state index is 10.2. The van der Waals surface area contributed by atoms with Gasteiger partial charge in [0.15, 0.2) is 0 Å². The van der Waals surface area contributed by atoms with E-state index in [1.807, 2.05) is 0 Å². The first-order valence-electron chi connectivity index (χ1n) is 3.32. The fourth-order valence-corrected chi connectivity index (χ4v) is 1.15. The highest BCUT2D eigenvalue weighted by Crippen LogP contribution is 2.28. The molecule has 1 aliphatic carbocycles. The van der Waals surface area contributed by atoms with Gasteiger partial charge in [0, 0.05) is 6.08 Å². The number of carbonyl (C=O) groups is 1. The van der Waals surface area contributed by atoms with Gasteiger partial charge in [0.2, 0.25) is 0 Å². The second-order valence-electron chi connectivity index (χ2n) is 2.46. The molecule has 0 aliphatic heterocycles. The van der Waals surface area contributed by atoms with E-state index in [4.69, 9.17) is 5.11 Å². The topological polar surface area (TPSA) is 37.3 Å². The van der Waals surface area contributed by atoms with Crippen LogP contribution in [0.3, 0.4) is 0 Å². The Morgan fingerprint density at radius 2 is 2.30 bits per heavy atom. The predicted octanol–water partition coefficient (Wildman–Crippen LogP) is 1.74. The van der Waals surface area contributed by atoms with Crippen molar-refractivity contribution in [2.24, 2.45) is 0 Å². The van der Waals surface area contributed by atoms with Gasteiger partial charge in [0.1, 0.15) is 0 Å². The molecular formula is C8H10O2.